The molecule has 7 nitrogen and oxygen atoms in total. The van der Waals surface area contributed by atoms with Crippen molar-refractivity contribution in [1.29, 1.82) is 0 Å². The van der Waals surface area contributed by atoms with Crippen LogP contribution >= 0.6 is 0 Å². The molecule has 172 valence electrons. The highest BCUT2D eigenvalue weighted by atomic mass is 16.7. The predicted molar refractivity (Wildman–Crippen MR) is 118 cm³/mol. The number of fused-ring (bicyclic) bond motifs is 1. The van der Waals surface area contributed by atoms with Gasteiger partial charge in [0.15, 0.2) is 11.5 Å². The second kappa shape index (κ2) is 9.35. The van der Waals surface area contributed by atoms with Crippen LogP contribution in [-0.2, 0) is 19.7 Å². The van der Waals surface area contributed by atoms with E-state index in [4.69, 9.17) is 18.9 Å². The molecular formula is C24H36N2O5. The third-order valence-electron chi connectivity index (χ3n) is 6.78. The number of benzene rings is 1. The fourth-order valence-corrected chi connectivity index (χ4v) is 5.25. The summed E-state index contributed by atoms with van der Waals surface area (Å²) in [5.41, 5.74) is 1.01. The molecule has 3 aliphatic rings. The maximum atomic E-state index is 13.4. The minimum absolute atomic E-state index is 0.0999. The fraction of sp³-hybridized carbons (Fsp3) is 0.708. The number of ether oxygens (including phenoxy) is 4. The van der Waals surface area contributed by atoms with Gasteiger partial charge in [-0.1, -0.05) is 19.9 Å². The molecule has 3 heterocycles. The first kappa shape index (κ1) is 22.4. The second-order valence-corrected chi connectivity index (χ2v) is 9.58. The number of rotatable bonds is 6. The molecule has 0 spiro atoms. The van der Waals surface area contributed by atoms with Crippen molar-refractivity contribution in [1.82, 2.24) is 10.2 Å². The van der Waals surface area contributed by atoms with Crippen LogP contribution in [0.5, 0.6) is 11.5 Å². The molecule has 0 aliphatic carbocycles. The molecular weight excluding hydrogens is 396 g/mol. The Labute approximate surface area is 185 Å². The highest BCUT2D eigenvalue weighted by Gasteiger charge is 2.39. The first-order valence-electron chi connectivity index (χ1n) is 11.5. The Hall–Kier alpha value is -1.83. The van der Waals surface area contributed by atoms with Crippen molar-refractivity contribution in [3.63, 3.8) is 0 Å². The number of nitrogens with one attached hydrogen (secondary N) is 1. The lowest BCUT2D eigenvalue weighted by molar-refractivity contribution is -0.135. The molecule has 0 saturated carbocycles. The Morgan fingerprint density at radius 1 is 1.13 bits per heavy atom. The van der Waals surface area contributed by atoms with Gasteiger partial charge >= 0.3 is 0 Å². The Morgan fingerprint density at radius 3 is 2.48 bits per heavy atom. The van der Waals surface area contributed by atoms with Gasteiger partial charge in [0.25, 0.3) is 0 Å². The normalized spacial score (nSPS) is 26.6. The summed E-state index contributed by atoms with van der Waals surface area (Å²) < 4.78 is 22.6. The average Bonchev–Trinajstić information content (AvgIpc) is 3.20. The highest BCUT2D eigenvalue weighted by Crippen LogP contribution is 2.40. The van der Waals surface area contributed by atoms with Gasteiger partial charge in [0.1, 0.15) is 0 Å². The number of morpholine rings is 1. The average molecular weight is 433 g/mol. The van der Waals surface area contributed by atoms with E-state index in [1.807, 2.05) is 6.07 Å². The van der Waals surface area contributed by atoms with E-state index in [0.717, 1.165) is 37.4 Å². The van der Waals surface area contributed by atoms with Crippen LogP contribution in [-0.4, -0.2) is 68.7 Å². The summed E-state index contributed by atoms with van der Waals surface area (Å²) in [6, 6.07) is 5.99. The van der Waals surface area contributed by atoms with Gasteiger partial charge in [-0.2, -0.15) is 0 Å². The number of hydrogen-bond acceptors (Lipinski definition) is 6. The van der Waals surface area contributed by atoms with Crippen LogP contribution in [0.1, 0.15) is 46.1 Å². The smallest absolute Gasteiger partial charge is 0.237 e. The van der Waals surface area contributed by atoms with Gasteiger partial charge in [-0.05, 0) is 50.3 Å². The number of nitrogens with zero attached hydrogens (tertiary/aromatic N) is 1. The van der Waals surface area contributed by atoms with Gasteiger partial charge in [-0.25, -0.2) is 0 Å². The maximum Gasteiger partial charge on any atom is 0.237 e. The van der Waals surface area contributed by atoms with E-state index in [9.17, 15) is 4.79 Å². The lowest BCUT2D eigenvalue weighted by Crippen LogP contribution is -2.58. The Morgan fingerprint density at radius 2 is 1.81 bits per heavy atom. The van der Waals surface area contributed by atoms with Crippen molar-refractivity contribution in [3.8, 4) is 11.5 Å². The summed E-state index contributed by atoms with van der Waals surface area (Å²) in [5.74, 6) is 1.88. The van der Waals surface area contributed by atoms with E-state index < -0.39 is 0 Å². The summed E-state index contributed by atoms with van der Waals surface area (Å²) in [5, 5.41) is 3.32. The van der Waals surface area contributed by atoms with Gasteiger partial charge in [0.2, 0.25) is 12.7 Å². The first-order valence-corrected chi connectivity index (χ1v) is 11.5. The number of hydrogen-bond donors (Lipinski definition) is 1. The van der Waals surface area contributed by atoms with Crippen LogP contribution in [0, 0.1) is 5.92 Å². The number of carbonyl (C=O) groups excluding carboxylic acids is 1. The van der Waals surface area contributed by atoms with E-state index in [1.165, 1.54) is 5.56 Å². The summed E-state index contributed by atoms with van der Waals surface area (Å²) in [6.45, 7) is 12.2. The van der Waals surface area contributed by atoms with Crippen molar-refractivity contribution in [2.24, 2.45) is 5.92 Å². The molecule has 1 aromatic carbocycles. The standard InChI is InChI=1S/C24H36N2O5/c1-16(2)22(26-12-17(3)31-18(4)13-26)23(27)25-14-24(7-9-28-10-8-24)19-5-6-20-21(11-19)30-15-29-20/h5-6,11,16-18,22H,7-10,12-15H2,1-4H3,(H,25,27). The molecule has 3 unspecified atom stereocenters. The van der Waals surface area contributed by atoms with Crippen molar-refractivity contribution in [2.45, 2.75) is 64.2 Å². The molecule has 0 bridgehead atoms. The van der Waals surface area contributed by atoms with Gasteiger partial charge < -0.3 is 24.3 Å². The predicted octanol–water partition coefficient (Wildman–Crippen LogP) is 2.71. The Bertz CT molecular complexity index is 767. The SMILES string of the molecule is CC1CN(C(C(=O)NCC2(c3ccc4c(c3)OCO4)CCOCC2)C(C)C)CC(C)O1. The Kier molecular flexibility index (Phi) is 6.74. The minimum atomic E-state index is -0.165. The minimum Gasteiger partial charge on any atom is -0.454 e. The van der Waals surface area contributed by atoms with Crippen LogP contribution in [0.3, 0.4) is 0 Å². The summed E-state index contributed by atoms with van der Waals surface area (Å²) in [7, 11) is 0. The zero-order chi connectivity index (χ0) is 22.0. The zero-order valence-corrected chi connectivity index (χ0v) is 19.2. The number of amides is 1. The maximum absolute atomic E-state index is 13.4. The molecule has 2 saturated heterocycles. The van der Waals surface area contributed by atoms with E-state index in [1.54, 1.807) is 0 Å². The van der Waals surface area contributed by atoms with Crippen LogP contribution in [0.2, 0.25) is 0 Å². The van der Waals surface area contributed by atoms with Crippen LogP contribution in [0.15, 0.2) is 18.2 Å². The summed E-state index contributed by atoms with van der Waals surface area (Å²) >= 11 is 0. The molecule has 0 aromatic heterocycles. The first-order chi connectivity index (χ1) is 14.9. The monoisotopic (exact) mass is 432 g/mol. The van der Waals surface area contributed by atoms with E-state index in [-0.39, 0.29) is 42.3 Å². The van der Waals surface area contributed by atoms with Gasteiger partial charge in [-0.15, -0.1) is 0 Å². The molecule has 0 radical (unpaired) electrons. The zero-order valence-electron chi connectivity index (χ0n) is 19.2. The molecule has 1 N–H and O–H groups in total. The molecule has 7 heteroatoms. The molecule has 1 aromatic rings. The molecule has 3 atom stereocenters. The van der Waals surface area contributed by atoms with E-state index in [2.05, 4.69) is 50.0 Å². The fourth-order valence-electron chi connectivity index (χ4n) is 5.25. The van der Waals surface area contributed by atoms with E-state index >= 15 is 0 Å². The Balaban J connectivity index is 1.50. The number of carbonyl (C=O) groups is 1. The molecule has 31 heavy (non-hydrogen) atoms. The van der Waals surface area contributed by atoms with Crippen molar-refractivity contribution in [2.75, 3.05) is 39.6 Å². The summed E-state index contributed by atoms with van der Waals surface area (Å²) in [4.78, 5) is 15.7. The topological polar surface area (TPSA) is 69.3 Å². The van der Waals surface area contributed by atoms with E-state index in [0.29, 0.717) is 19.8 Å². The van der Waals surface area contributed by atoms with Crippen LogP contribution in [0.4, 0.5) is 0 Å². The second-order valence-electron chi connectivity index (χ2n) is 9.58. The van der Waals surface area contributed by atoms with Gasteiger partial charge in [0, 0.05) is 38.3 Å². The van der Waals surface area contributed by atoms with Gasteiger partial charge in [0.05, 0.1) is 18.2 Å². The van der Waals surface area contributed by atoms with Crippen molar-refractivity contribution >= 4 is 5.91 Å². The third kappa shape index (κ3) is 4.83. The van der Waals surface area contributed by atoms with Crippen LogP contribution in [0.25, 0.3) is 0 Å². The quantitative estimate of drug-likeness (QED) is 0.746. The van der Waals surface area contributed by atoms with Crippen molar-refractivity contribution < 1.29 is 23.7 Å². The molecule has 2 fully saturated rings. The van der Waals surface area contributed by atoms with Crippen LogP contribution < -0.4 is 14.8 Å². The van der Waals surface area contributed by atoms with Gasteiger partial charge in [-0.3, -0.25) is 9.69 Å². The third-order valence-corrected chi connectivity index (χ3v) is 6.78. The lowest BCUT2D eigenvalue weighted by Gasteiger charge is -2.42. The van der Waals surface area contributed by atoms with Crippen molar-refractivity contribution in [3.05, 3.63) is 23.8 Å². The lowest BCUT2D eigenvalue weighted by atomic mass is 9.74. The summed E-state index contributed by atoms with van der Waals surface area (Å²) in [6.07, 6.45) is 2.00. The molecule has 4 rings (SSSR count). The molecule has 3 aliphatic heterocycles. The largest absolute Gasteiger partial charge is 0.454 e. The highest BCUT2D eigenvalue weighted by molar-refractivity contribution is 5.82. The molecule has 1 amide bonds.